The standard InChI is InChI=1S/C13H23NO2/c1-10(2)9-12(15)16-13-7-4-5-11(6-8-13)14(13)3/h10-11H,4-9H2,1-3H3/t11-,13-/m1/s1. The fraction of sp³-hybridized carbons (Fsp3) is 0.923. The molecule has 0 aliphatic carbocycles. The maximum absolute atomic E-state index is 11.8. The highest BCUT2D eigenvalue weighted by molar-refractivity contribution is 5.70. The van der Waals surface area contributed by atoms with Gasteiger partial charge in [0.05, 0.1) is 0 Å². The van der Waals surface area contributed by atoms with Crippen molar-refractivity contribution in [3.8, 4) is 0 Å². The van der Waals surface area contributed by atoms with Crippen molar-refractivity contribution in [3.63, 3.8) is 0 Å². The maximum Gasteiger partial charge on any atom is 0.307 e. The predicted molar refractivity (Wildman–Crippen MR) is 62.9 cm³/mol. The Balaban J connectivity index is 1.99. The van der Waals surface area contributed by atoms with Crippen molar-refractivity contribution in [2.24, 2.45) is 5.92 Å². The van der Waals surface area contributed by atoms with E-state index in [-0.39, 0.29) is 11.7 Å². The van der Waals surface area contributed by atoms with Gasteiger partial charge in [-0.05, 0) is 32.2 Å². The maximum atomic E-state index is 11.8. The molecule has 2 fully saturated rings. The van der Waals surface area contributed by atoms with E-state index in [1.807, 2.05) is 0 Å². The Labute approximate surface area is 98.1 Å². The van der Waals surface area contributed by atoms with E-state index in [1.165, 1.54) is 19.3 Å². The number of carbonyl (C=O) groups excluding carboxylic acids is 1. The van der Waals surface area contributed by atoms with Gasteiger partial charge in [-0.1, -0.05) is 13.8 Å². The summed E-state index contributed by atoms with van der Waals surface area (Å²) in [6.45, 7) is 4.11. The van der Waals surface area contributed by atoms with E-state index in [0.717, 1.165) is 12.8 Å². The number of ether oxygens (including phenoxy) is 1. The summed E-state index contributed by atoms with van der Waals surface area (Å²) in [5.74, 6) is 0.361. The molecule has 0 N–H and O–H groups in total. The third-order valence-electron chi connectivity index (χ3n) is 4.04. The summed E-state index contributed by atoms with van der Waals surface area (Å²) in [6, 6.07) is 0.639. The van der Waals surface area contributed by atoms with Crippen molar-refractivity contribution in [1.29, 1.82) is 0 Å². The summed E-state index contributed by atoms with van der Waals surface area (Å²) in [6.07, 6.45) is 6.23. The summed E-state index contributed by atoms with van der Waals surface area (Å²) < 4.78 is 5.78. The minimum Gasteiger partial charge on any atom is -0.444 e. The Hall–Kier alpha value is -0.570. The van der Waals surface area contributed by atoms with Crippen LogP contribution in [0, 0.1) is 5.92 Å². The summed E-state index contributed by atoms with van der Waals surface area (Å²) in [4.78, 5) is 14.1. The number of piperidine rings is 1. The van der Waals surface area contributed by atoms with Gasteiger partial charge in [-0.25, -0.2) is 0 Å². The Morgan fingerprint density at radius 3 is 2.88 bits per heavy atom. The van der Waals surface area contributed by atoms with Crippen LogP contribution in [0.5, 0.6) is 0 Å². The molecule has 0 spiro atoms. The Bertz CT molecular complexity index is 273. The van der Waals surface area contributed by atoms with Crippen molar-refractivity contribution < 1.29 is 9.53 Å². The van der Waals surface area contributed by atoms with Crippen LogP contribution in [0.3, 0.4) is 0 Å². The molecule has 2 rings (SSSR count). The Morgan fingerprint density at radius 2 is 2.19 bits per heavy atom. The van der Waals surface area contributed by atoms with E-state index >= 15 is 0 Å². The van der Waals surface area contributed by atoms with Crippen molar-refractivity contribution >= 4 is 5.97 Å². The minimum absolute atomic E-state index is 0.0237. The summed E-state index contributed by atoms with van der Waals surface area (Å²) in [5.41, 5.74) is -0.255. The van der Waals surface area contributed by atoms with Crippen LogP contribution < -0.4 is 0 Å². The molecular formula is C13H23NO2. The lowest BCUT2D eigenvalue weighted by Crippen LogP contribution is -2.50. The van der Waals surface area contributed by atoms with Gasteiger partial charge in [0.25, 0.3) is 0 Å². The second kappa shape index (κ2) is 4.36. The van der Waals surface area contributed by atoms with Crippen molar-refractivity contribution in [2.45, 2.75) is 64.1 Å². The molecule has 2 saturated heterocycles. The quantitative estimate of drug-likeness (QED) is 0.691. The van der Waals surface area contributed by atoms with Gasteiger partial charge in [0.1, 0.15) is 0 Å². The van der Waals surface area contributed by atoms with E-state index in [2.05, 4.69) is 25.8 Å². The van der Waals surface area contributed by atoms with Crippen LogP contribution in [0.1, 0.15) is 52.4 Å². The van der Waals surface area contributed by atoms with Crippen molar-refractivity contribution in [2.75, 3.05) is 7.05 Å². The topological polar surface area (TPSA) is 29.5 Å². The number of esters is 1. The van der Waals surface area contributed by atoms with Gasteiger partial charge in [0, 0.05) is 25.3 Å². The average molecular weight is 225 g/mol. The lowest BCUT2D eigenvalue weighted by atomic mass is 10.0. The first-order valence-electron chi connectivity index (χ1n) is 6.48. The molecule has 0 aromatic rings. The largest absolute Gasteiger partial charge is 0.444 e. The third kappa shape index (κ3) is 2.10. The number of hydrogen-bond acceptors (Lipinski definition) is 3. The number of rotatable bonds is 3. The minimum atomic E-state index is -0.255. The van der Waals surface area contributed by atoms with Crippen molar-refractivity contribution in [3.05, 3.63) is 0 Å². The van der Waals surface area contributed by atoms with Crippen molar-refractivity contribution in [1.82, 2.24) is 4.90 Å². The van der Waals surface area contributed by atoms with Crippen LogP contribution in [-0.2, 0) is 9.53 Å². The van der Waals surface area contributed by atoms with E-state index in [4.69, 9.17) is 4.74 Å². The monoisotopic (exact) mass is 225 g/mol. The zero-order valence-corrected chi connectivity index (χ0v) is 10.7. The molecule has 2 bridgehead atoms. The van der Waals surface area contributed by atoms with Gasteiger partial charge in [0.2, 0.25) is 0 Å². The Kier molecular flexibility index (Phi) is 3.24. The lowest BCUT2D eigenvalue weighted by Gasteiger charge is -2.41. The van der Waals surface area contributed by atoms with Crippen LogP contribution in [0.15, 0.2) is 0 Å². The first kappa shape index (κ1) is 11.9. The molecule has 0 radical (unpaired) electrons. The average Bonchev–Trinajstić information content (AvgIpc) is 2.39. The van der Waals surface area contributed by atoms with E-state index in [9.17, 15) is 4.79 Å². The number of nitrogens with zero attached hydrogens (tertiary/aromatic N) is 1. The van der Waals surface area contributed by atoms with Crippen LogP contribution in [0.4, 0.5) is 0 Å². The van der Waals surface area contributed by atoms with Crippen LogP contribution in [0.2, 0.25) is 0 Å². The first-order chi connectivity index (χ1) is 7.53. The highest BCUT2D eigenvalue weighted by atomic mass is 16.6. The fourth-order valence-electron chi connectivity index (χ4n) is 3.11. The highest BCUT2D eigenvalue weighted by Gasteiger charge is 2.49. The SMILES string of the molecule is CC(C)CC(=O)O[C@]12CCC[C@H](CC1)N2C. The third-order valence-corrected chi connectivity index (χ3v) is 4.04. The normalized spacial score (nSPS) is 34.4. The molecule has 0 amide bonds. The molecule has 0 saturated carbocycles. The molecule has 2 atom stereocenters. The molecule has 2 aliphatic heterocycles. The summed E-state index contributed by atoms with van der Waals surface area (Å²) in [5, 5.41) is 0. The van der Waals surface area contributed by atoms with Crippen LogP contribution in [0.25, 0.3) is 0 Å². The molecule has 0 aromatic carbocycles. The van der Waals surface area contributed by atoms with Crippen LogP contribution in [-0.4, -0.2) is 29.7 Å². The van der Waals surface area contributed by atoms with Gasteiger partial charge in [-0.15, -0.1) is 0 Å². The molecular weight excluding hydrogens is 202 g/mol. The summed E-state index contributed by atoms with van der Waals surface area (Å²) in [7, 11) is 2.11. The molecule has 0 unspecified atom stereocenters. The van der Waals surface area contributed by atoms with Gasteiger partial charge >= 0.3 is 5.97 Å². The Morgan fingerprint density at radius 1 is 1.44 bits per heavy atom. The van der Waals surface area contributed by atoms with Crippen LogP contribution >= 0.6 is 0 Å². The molecule has 92 valence electrons. The molecule has 16 heavy (non-hydrogen) atoms. The zero-order chi connectivity index (χ0) is 11.8. The van der Waals surface area contributed by atoms with E-state index < -0.39 is 0 Å². The predicted octanol–water partition coefficient (Wildman–Crippen LogP) is 2.55. The number of carbonyl (C=O) groups is 1. The second-order valence-corrected chi connectivity index (χ2v) is 5.71. The lowest BCUT2D eigenvalue weighted by molar-refractivity contribution is -0.185. The van der Waals surface area contributed by atoms with Gasteiger partial charge in [-0.2, -0.15) is 0 Å². The first-order valence-corrected chi connectivity index (χ1v) is 6.48. The van der Waals surface area contributed by atoms with Gasteiger partial charge < -0.3 is 4.74 Å². The zero-order valence-electron chi connectivity index (χ0n) is 10.7. The second-order valence-electron chi connectivity index (χ2n) is 5.71. The molecule has 3 nitrogen and oxygen atoms in total. The molecule has 3 heteroatoms. The molecule has 0 aromatic heterocycles. The summed E-state index contributed by atoms with van der Waals surface area (Å²) >= 11 is 0. The van der Waals surface area contributed by atoms with E-state index in [0.29, 0.717) is 18.4 Å². The number of hydrogen-bond donors (Lipinski definition) is 0. The van der Waals surface area contributed by atoms with Gasteiger partial charge in [0.15, 0.2) is 5.72 Å². The van der Waals surface area contributed by atoms with Gasteiger partial charge in [-0.3, -0.25) is 9.69 Å². The van der Waals surface area contributed by atoms with E-state index in [1.54, 1.807) is 0 Å². The highest BCUT2D eigenvalue weighted by Crippen LogP contribution is 2.43. The number of fused-ring (bicyclic) bond motifs is 2. The molecule has 2 aliphatic rings. The molecule has 2 heterocycles. The smallest absolute Gasteiger partial charge is 0.307 e. The fourth-order valence-corrected chi connectivity index (χ4v) is 3.11.